The molecule has 1 rings (SSSR count). The van der Waals surface area contributed by atoms with Crippen LogP contribution in [0.5, 0.6) is 0 Å². The van der Waals surface area contributed by atoms with Crippen LogP contribution in [-0.4, -0.2) is 51.9 Å². The Balaban J connectivity index is 2.46. The van der Waals surface area contributed by atoms with E-state index in [1.165, 1.54) is 4.90 Å². The van der Waals surface area contributed by atoms with E-state index in [1.54, 1.807) is 0 Å². The first kappa shape index (κ1) is 11.3. The Labute approximate surface area is 87.1 Å². The molecule has 0 radical (unpaired) electrons. The second-order valence-corrected chi connectivity index (χ2v) is 3.77. The molecular weight excluding hydrogens is 206 g/mol. The highest BCUT2D eigenvalue weighted by Gasteiger charge is 2.31. The molecular formula is C8H13NO4S. The molecule has 1 fully saturated rings. The van der Waals surface area contributed by atoms with Crippen molar-refractivity contribution in [2.45, 2.75) is 12.5 Å². The Morgan fingerprint density at radius 1 is 1.71 bits per heavy atom. The molecule has 2 N–H and O–H groups in total. The third-order valence-electron chi connectivity index (χ3n) is 2.23. The molecule has 1 aliphatic heterocycles. The summed E-state index contributed by atoms with van der Waals surface area (Å²) in [4.78, 5) is 23.0. The van der Waals surface area contributed by atoms with Gasteiger partial charge in [0.1, 0.15) is 0 Å². The van der Waals surface area contributed by atoms with Gasteiger partial charge < -0.3 is 15.1 Å². The molecule has 0 aromatic carbocycles. The molecule has 1 aliphatic rings. The van der Waals surface area contributed by atoms with Crippen LogP contribution in [0.15, 0.2) is 0 Å². The second-order valence-electron chi connectivity index (χ2n) is 3.41. The summed E-state index contributed by atoms with van der Waals surface area (Å²) >= 11 is 4.07. The van der Waals surface area contributed by atoms with Gasteiger partial charge in [-0.3, -0.25) is 4.79 Å². The first-order chi connectivity index (χ1) is 6.54. The predicted octanol–water partition coefficient (Wildman–Crippen LogP) is -0.790. The molecule has 6 heteroatoms. The first-order valence-corrected chi connectivity index (χ1v) is 4.97. The third kappa shape index (κ3) is 2.62. The fraction of sp³-hybridized carbons (Fsp3) is 0.750. The number of rotatable bonds is 4. The summed E-state index contributed by atoms with van der Waals surface area (Å²) in [5, 5.41) is 17.5. The maximum Gasteiger partial charge on any atom is 0.334 e. The van der Waals surface area contributed by atoms with E-state index in [0.29, 0.717) is 18.7 Å². The molecule has 2 atom stereocenters. The quantitative estimate of drug-likeness (QED) is 0.541. The van der Waals surface area contributed by atoms with Crippen molar-refractivity contribution >= 4 is 24.5 Å². The van der Waals surface area contributed by atoms with E-state index < -0.39 is 12.1 Å². The van der Waals surface area contributed by atoms with E-state index >= 15 is 0 Å². The van der Waals surface area contributed by atoms with E-state index in [9.17, 15) is 9.59 Å². The number of carboxylic acids is 1. The molecule has 0 aromatic heterocycles. The summed E-state index contributed by atoms with van der Waals surface area (Å²) < 4.78 is 0. The summed E-state index contributed by atoms with van der Waals surface area (Å²) in [6, 6.07) is 0. The molecule has 80 valence electrons. The van der Waals surface area contributed by atoms with E-state index in [2.05, 4.69) is 12.6 Å². The number of carbonyl (C=O) groups is 2. The SMILES string of the molecule is O=C(O)[C@@H](O)CN1CC(CS)CC1=O. The zero-order valence-electron chi connectivity index (χ0n) is 7.59. The minimum atomic E-state index is -1.49. The molecule has 1 saturated heterocycles. The van der Waals surface area contributed by atoms with Crippen LogP contribution in [-0.2, 0) is 9.59 Å². The summed E-state index contributed by atoms with van der Waals surface area (Å²) in [5.41, 5.74) is 0. The van der Waals surface area contributed by atoms with Crippen molar-refractivity contribution in [2.75, 3.05) is 18.8 Å². The number of aliphatic hydroxyl groups is 1. The van der Waals surface area contributed by atoms with Crippen LogP contribution in [0.25, 0.3) is 0 Å². The summed E-state index contributed by atoms with van der Waals surface area (Å²) in [7, 11) is 0. The van der Waals surface area contributed by atoms with Crippen molar-refractivity contribution in [3.05, 3.63) is 0 Å². The number of β-amino-alcohol motifs (C(OH)–C–C–N with tert-alkyl or cyclic N) is 1. The summed E-state index contributed by atoms with van der Waals surface area (Å²) in [6.45, 7) is 0.366. The zero-order valence-corrected chi connectivity index (χ0v) is 8.48. The largest absolute Gasteiger partial charge is 0.479 e. The number of amides is 1. The Hall–Kier alpha value is -0.750. The van der Waals surface area contributed by atoms with Crippen molar-refractivity contribution in [1.29, 1.82) is 0 Å². The minimum Gasteiger partial charge on any atom is -0.479 e. The molecule has 1 amide bonds. The van der Waals surface area contributed by atoms with Crippen molar-refractivity contribution in [3.63, 3.8) is 0 Å². The number of carbonyl (C=O) groups excluding carboxylic acids is 1. The van der Waals surface area contributed by atoms with Gasteiger partial charge in [0.25, 0.3) is 0 Å². The van der Waals surface area contributed by atoms with Gasteiger partial charge in [0.15, 0.2) is 6.10 Å². The smallest absolute Gasteiger partial charge is 0.334 e. The van der Waals surface area contributed by atoms with Gasteiger partial charge in [-0.15, -0.1) is 0 Å². The molecule has 0 saturated carbocycles. The molecule has 1 heterocycles. The number of hydrogen-bond donors (Lipinski definition) is 3. The van der Waals surface area contributed by atoms with Gasteiger partial charge >= 0.3 is 5.97 Å². The van der Waals surface area contributed by atoms with Gasteiger partial charge in [-0.2, -0.15) is 12.6 Å². The van der Waals surface area contributed by atoms with E-state index in [-0.39, 0.29) is 18.4 Å². The van der Waals surface area contributed by atoms with Crippen LogP contribution in [0, 0.1) is 5.92 Å². The van der Waals surface area contributed by atoms with Gasteiger partial charge in [0.2, 0.25) is 5.91 Å². The Morgan fingerprint density at radius 3 is 2.79 bits per heavy atom. The second kappa shape index (κ2) is 4.65. The van der Waals surface area contributed by atoms with E-state index in [1.807, 2.05) is 0 Å². The highest BCUT2D eigenvalue weighted by Crippen LogP contribution is 2.18. The number of hydrogen-bond acceptors (Lipinski definition) is 4. The molecule has 0 aromatic rings. The highest BCUT2D eigenvalue weighted by molar-refractivity contribution is 7.80. The monoisotopic (exact) mass is 219 g/mol. The lowest BCUT2D eigenvalue weighted by molar-refractivity contribution is -0.148. The lowest BCUT2D eigenvalue weighted by atomic mass is 10.1. The van der Waals surface area contributed by atoms with Crippen LogP contribution >= 0.6 is 12.6 Å². The number of carboxylic acid groups (broad SMARTS) is 1. The minimum absolute atomic E-state index is 0.107. The fourth-order valence-electron chi connectivity index (χ4n) is 1.44. The topological polar surface area (TPSA) is 77.8 Å². The molecule has 0 aliphatic carbocycles. The van der Waals surface area contributed by atoms with Gasteiger partial charge in [0, 0.05) is 13.0 Å². The van der Waals surface area contributed by atoms with Crippen LogP contribution in [0.2, 0.25) is 0 Å². The molecule has 1 unspecified atom stereocenters. The Kier molecular flexibility index (Phi) is 3.77. The molecule has 0 spiro atoms. The normalized spacial score (nSPS) is 24.0. The number of thiol groups is 1. The third-order valence-corrected chi connectivity index (χ3v) is 2.75. The molecule has 14 heavy (non-hydrogen) atoms. The number of aliphatic carboxylic acids is 1. The molecule has 5 nitrogen and oxygen atoms in total. The van der Waals surface area contributed by atoms with Gasteiger partial charge in [-0.25, -0.2) is 4.79 Å². The van der Waals surface area contributed by atoms with Crippen molar-refractivity contribution < 1.29 is 19.8 Å². The predicted molar refractivity (Wildman–Crippen MR) is 52.2 cm³/mol. The first-order valence-electron chi connectivity index (χ1n) is 4.34. The Bertz CT molecular complexity index is 245. The van der Waals surface area contributed by atoms with Gasteiger partial charge in [0.05, 0.1) is 6.54 Å². The zero-order chi connectivity index (χ0) is 10.7. The average Bonchev–Trinajstić information content (AvgIpc) is 2.47. The number of aliphatic hydroxyl groups excluding tert-OH is 1. The fourth-order valence-corrected chi connectivity index (χ4v) is 1.68. The standard InChI is InChI=1S/C8H13NO4S/c10-6(8(12)13)3-9-2-5(4-14)1-7(9)11/h5-6,10,14H,1-4H2,(H,12,13)/t5?,6-/m0/s1. The van der Waals surface area contributed by atoms with Crippen LogP contribution in [0.1, 0.15) is 6.42 Å². The maximum absolute atomic E-state index is 11.3. The van der Waals surface area contributed by atoms with E-state index in [4.69, 9.17) is 10.2 Å². The van der Waals surface area contributed by atoms with E-state index in [0.717, 1.165) is 0 Å². The van der Waals surface area contributed by atoms with Crippen molar-refractivity contribution in [3.8, 4) is 0 Å². The lowest BCUT2D eigenvalue weighted by Crippen LogP contribution is -2.37. The van der Waals surface area contributed by atoms with Gasteiger partial charge in [-0.05, 0) is 11.7 Å². The summed E-state index contributed by atoms with van der Waals surface area (Å²) in [6.07, 6.45) is -1.09. The molecule has 0 bridgehead atoms. The maximum atomic E-state index is 11.3. The Morgan fingerprint density at radius 2 is 2.36 bits per heavy atom. The van der Waals surface area contributed by atoms with Gasteiger partial charge in [-0.1, -0.05) is 0 Å². The van der Waals surface area contributed by atoms with Crippen LogP contribution < -0.4 is 0 Å². The number of likely N-dealkylation sites (tertiary alicyclic amines) is 1. The van der Waals surface area contributed by atoms with Crippen LogP contribution in [0.3, 0.4) is 0 Å². The van der Waals surface area contributed by atoms with Crippen LogP contribution in [0.4, 0.5) is 0 Å². The number of nitrogens with zero attached hydrogens (tertiary/aromatic N) is 1. The summed E-state index contributed by atoms with van der Waals surface area (Å²) in [5.74, 6) is -0.630. The van der Waals surface area contributed by atoms with Crippen molar-refractivity contribution in [2.24, 2.45) is 5.92 Å². The van der Waals surface area contributed by atoms with Crippen molar-refractivity contribution in [1.82, 2.24) is 4.90 Å². The highest BCUT2D eigenvalue weighted by atomic mass is 32.1. The average molecular weight is 219 g/mol. The lowest BCUT2D eigenvalue weighted by Gasteiger charge is -2.17.